The van der Waals surface area contributed by atoms with Crippen LogP contribution in [0.3, 0.4) is 0 Å². The largest absolute Gasteiger partial charge is 0.390 e. The summed E-state index contributed by atoms with van der Waals surface area (Å²) in [5, 5.41) is 13.3. The number of hydrogen-bond acceptors (Lipinski definition) is 4. The maximum atomic E-state index is 9.96. The third kappa shape index (κ3) is 3.72. The highest BCUT2D eigenvalue weighted by Crippen LogP contribution is 2.08. The highest BCUT2D eigenvalue weighted by molar-refractivity contribution is 4.75. The molecule has 0 amide bonds. The minimum atomic E-state index is -0.166. The molecular formula is C11H23N3O. The van der Waals surface area contributed by atoms with Crippen molar-refractivity contribution in [3.63, 3.8) is 0 Å². The highest BCUT2D eigenvalue weighted by atomic mass is 16.3. The van der Waals surface area contributed by atoms with Gasteiger partial charge in [0, 0.05) is 39.3 Å². The third-order valence-corrected chi connectivity index (χ3v) is 3.35. The quantitative estimate of drug-likeness (QED) is 0.651. The Morgan fingerprint density at radius 2 is 1.47 bits per heavy atom. The molecule has 0 aromatic rings. The fraction of sp³-hybridized carbons (Fsp3) is 1.00. The molecule has 0 aliphatic carbocycles. The minimum absolute atomic E-state index is 0.166. The molecule has 2 rings (SSSR count). The van der Waals surface area contributed by atoms with Crippen LogP contribution in [0.4, 0.5) is 0 Å². The average molecular weight is 213 g/mol. The molecule has 2 fully saturated rings. The van der Waals surface area contributed by atoms with Crippen LogP contribution in [0.15, 0.2) is 0 Å². The summed E-state index contributed by atoms with van der Waals surface area (Å²) in [6, 6.07) is 0. The number of hydrogen-bond donors (Lipinski definition) is 2. The molecule has 0 spiro atoms. The average Bonchev–Trinajstić information content (AvgIpc) is 2.71. The van der Waals surface area contributed by atoms with E-state index in [0.717, 1.165) is 39.3 Å². The topological polar surface area (TPSA) is 38.7 Å². The Balaban J connectivity index is 1.64. The molecule has 4 nitrogen and oxygen atoms in total. The van der Waals surface area contributed by atoms with Crippen molar-refractivity contribution in [1.29, 1.82) is 0 Å². The Morgan fingerprint density at radius 3 is 2.07 bits per heavy atom. The van der Waals surface area contributed by atoms with Gasteiger partial charge in [0.2, 0.25) is 0 Å². The Labute approximate surface area is 92.2 Å². The molecule has 2 aliphatic rings. The number of likely N-dealkylation sites (tertiary alicyclic amines) is 1. The lowest BCUT2D eigenvalue weighted by atomic mass is 10.2. The second kappa shape index (κ2) is 5.80. The van der Waals surface area contributed by atoms with E-state index in [-0.39, 0.29) is 6.10 Å². The van der Waals surface area contributed by atoms with Gasteiger partial charge in [0.1, 0.15) is 0 Å². The Bertz CT molecular complexity index is 177. The Morgan fingerprint density at radius 1 is 0.933 bits per heavy atom. The number of nitrogens with one attached hydrogen (secondary N) is 1. The van der Waals surface area contributed by atoms with Crippen LogP contribution in [0.2, 0.25) is 0 Å². The number of rotatable bonds is 4. The lowest BCUT2D eigenvalue weighted by Gasteiger charge is -2.30. The van der Waals surface area contributed by atoms with Gasteiger partial charge in [-0.3, -0.25) is 4.90 Å². The van der Waals surface area contributed by atoms with Crippen LogP contribution in [0.1, 0.15) is 12.8 Å². The first-order valence-corrected chi connectivity index (χ1v) is 6.18. The van der Waals surface area contributed by atoms with E-state index in [1.165, 1.54) is 25.9 Å². The van der Waals surface area contributed by atoms with Crippen molar-refractivity contribution in [2.75, 3.05) is 52.4 Å². The van der Waals surface area contributed by atoms with Crippen LogP contribution in [0.5, 0.6) is 0 Å². The fourth-order valence-corrected chi connectivity index (χ4v) is 2.51. The molecular weight excluding hydrogens is 190 g/mol. The summed E-state index contributed by atoms with van der Waals surface area (Å²) in [5.74, 6) is 0. The number of aliphatic hydroxyl groups excluding tert-OH is 1. The van der Waals surface area contributed by atoms with Gasteiger partial charge in [-0.25, -0.2) is 0 Å². The molecule has 2 N–H and O–H groups in total. The van der Waals surface area contributed by atoms with E-state index >= 15 is 0 Å². The molecule has 1 unspecified atom stereocenters. The summed E-state index contributed by atoms with van der Waals surface area (Å²) >= 11 is 0. The summed E-state index contributed by atoms with van der Waals surface area (Å²) in [5.41, 5.74) is 0. The second-order valence-corrected chi connectivity index (χ2v) is 4.71. The van der Waals surface area contributed by atoms with Crippen LogP contribution in [0.25, 0.3) is 0 Å². The summed E-state index contributed by atoms with van der Waals surface area (Å²) in [6.45, 7) is 8.36. The Kier molecular flexibility index (Phi) is 4.38. The van der Waals surface area contributed by atoms with Crippen molar-refractivity contribution in [1.82, 2.24) is 15.1 Å². The van der Waals surface area contributed by atoms with Crippen molar-refractivity contribution in [3.05, 3.63) is 0 Å². The SMILES string of the molecule is OC(CN1CCCC1)CN1CCNCC1. The van der Waals surface area contributed by atoms with Gasteiger partial charge < -0.3 is 15.3 Å². The van der Waals surface area contributed by atoms with Crippen molar-refractivity contribution in [2.45, 2.75) is 18.9 Å². The van der Waals surface area contributed by atoms with Gasteiger partial charge >= 0.3 is 0 Å². The summed E-state index contributed by atoms with van der Waals surface area (Å²) in [4.78, 5) is 4.74. The fourth-order valence-electron chi connectivity index (χ4n) is 2.51. The van der Waals surface area contributed by atoms with Gasteiger partial charge in [-0.1, -0.05) is 0 Å². The normalized spacial score (nSPS) is 27.0. The van der Waals surface area contributed by atoms with Crippen molar-refractivity contribution < 1.29 is 5.11 Å². The van der Waals surface area contributed by atoms with Crippen LogP contribution in [0, 0.1) is 0 Å². The van der Waals surface area contributed by atoms with E-state index in [1.807, 2.05) is 0 Å². The molecule has 4 heteroatoms. The van der Waals surface area contributed by atoms with E-state index < -0.39 is 0 Å². The molecule has 2 aliphatic heterocycles. The first kappa shape index (κ1) is 11.3. The summed E-state index contributed by atoms with van der Waals surface area (Å²) < 4.78 is 0. The number of piperazine rings is 1. The zero-order valence-electron chi connectivity index (χ0n) is 9.49. The number of β-amino-alcohol motifs (C(OH)–C–C–N with tert-alkyl or cyclic N) is 1. The monoisotopic (exact) mass is 213 g/mol. The zero-order chi connectivity index (χ0) is 10.5. The van der Waals surface area contributed by atoms with Gasteiger partial charge in [0.05, 0.1) is 6.10 Å². The predicted molar refractivity (Wildman–Crippen MR) is 61.0 cm³/mol. The summed E-state index contributed by atoms with van der Waals surface area (Å²) in [6.07, 6.45) is 2.45. The van der Waals surface area contributed by atoms with E-state index in [0.29, 0.717) is 0 Å². The molecule has 0 aromatic heterocycles. The van der Waals surface area contributed by atoms with E-state index in [1.54, 1.807) is 0 Å². The third-order valence-electron chi connectivity index (χ3n) is 3.35. The second-order valence-electron chi connectivity index (χ2n) is 4.71. The maximum Gasteiger partial charge on any atom is 0.0793 e. The van der Waals surface area contributed by atoms with E-state index in [2.05, 4.69) is 15.1 Å². The van der Waals surface area contributed by atoms with Crippen molar-refractivity contribution in [2.24, 2.45) is 0 Å². The zero-order valence-corrected chi connectivity index (χ0v) is 9.49. The van der Waals surface area contributed by atoms with Gasteiger partial charge in [0.25, 0.3) is 0 Å². The molecule has 2 saturated heterocycles. The summed E-state index contributed by atoms with van der Waals surface area (Å²) in [7, 11) is 0. The van der Waals surface area contributed by atoms with E-state index in [4.69, 9.17) is 0 Å². The Hall–Kier alpha value is -0.160. The number of aliphatic hydroxyl groups is 1. The highest BCUT2D eigenvalue weighted by Gasteiger charge is 2.18. The van der Waals surface area contributed by atoms with Crippen molar-refractivity contribution >= 4 is 0 Å². The standard InChI is InChI=1S/C11H23N3O/c15-11(9-13-5-1-2-6-13)10-14-7-3-12-4-8-14/h11-12,15H,1-10H2. The maximum absolute atomic E-state index is 9.96. The van der Waals surface area contributed by atoms with Gasteiger partial charge in [0.15, 0.2) is 0 Å². The van der Waals surface area contributed by atoms with Gasteiger partial charge in [-0.15, -0.1) is 0 Å². The predicted octanol–water partition coefficient (Wildman–Crippen LogP) is -0.652. The molecule has 0 aromatic carbocycles. The molecule has 0 saturated carbocycles. The molecule has 0 bridgehead atoms. The van der Waals surface area contributed by atoms with Crippen LogP contribution in [-0.2, 0) is 0 Å². The lowest BCUT2D eigenvalue weighted by molar-refractivity contribution is 0.0765. The van der Waals surface area contributed by atoms with Gasteiger partial charge in [-0.2, -0.15) is 0 Å². The first-order valence-electron chi connectivity index (χ1n) is 6.18. The lowest BCUT2D eigenvalue weighted by Crippen LogP contribution is -2.48. The molecule has 15 heavy (non-hydrogen) atoms. The van der Waals surface area contributed by atoms with Crippen LogP contribution >= 0.6 is 0 Å². The number of nitrogens with zero attached hydrogens (tertiary/aromatic N) is 2. The smallest absolute Gasteiger partial charge is 0.0793 e. The van der Waals surface area contributed by atoms with Crippen LogP contribution in [-0.4, -0.2) is 73.4 Å². The van der Waals surface area contributed by atoms with Crippen LogP contribution < -0.4 is 5.32 Å². The molecule has 88 valence electrons. The molecule has 2 heterocycles. The first-order chi connectivity index (χ1) is 7.34. The molecule has 0 radical (unpaired) electrons. The van der Waals surface area contributed by atoms with Gasteiger partial charge in [-0.05, 0) is 25.9 Å². The molecule has 1 atom stereocenters. The van der Waals surface area contributed by atoms with Crippen molar-refractivity contribution in [3.8, 4) is 0 Å². The van der Waals surface area contributed by atoms with E-state index in [9.17, 15) is 5.11 Å². The minimum Gasteiger partial charge on any atom is -0.390 e.